The first-order valence-electron chi connectivity index (χ1n) is 10.00. The molecule has 0 spiro atoms. The number of thiophene rings is 1. The number of ether oxygens (including phenoxy) is 1. The third kappa shape index (κ3) is 3.00. The second-order valence-electron chi connectivity index (χ2n) is 7.44. The third-order valence-electron chi connectivity index (χ3n) is 5.74. The number of alkyl halides is 1. The van der Waals surface area contributed by atoms with Gasteiger partial charge in [0.2, 0.25) is 0 Å². The Hall–Kier alpha value is -1.70. The molecule has 0 unspecified atom stereocenters. The zero-order valence-electron chi connectivity index (χ0n) is 15.7. The minimum Gasteiger partial charge on any atom is -0.378 e. The predicted octanol–water partition coefficient (Wildman–Crippen LogP) is 3.35. The van der Waals surface area contributed by atoms with E-state index in [4.69, 9.17) is 26.3 Å². The lowest BCUT2D eigenvalue weighted by Gasteiger charge is -2.31. The molecule has 1 aliphatic heterocycles. The van der Waals surface area contributed by atoms with Crippen LogP contribution in [0.15, 0.2) is 11.1 Å². The average Bonchev–Trinajstić information content (AvgIpc) is 3.13. The number of aryl methyl sites for hydroxylation is 2. The highest BCUT2D eigenvalue weighted by Gasteiger charge is 2.26. The average molecular weight is 419 g/mol. The maximum Gasteiger partial charge on any atom is 0.271 e. The molecule has 8 heteroatoms. The molecule has 148 valence electrons. The van der Waals surface area contributed by atoms with E-state index in [0.717, 1.165) is 67.1 Å². The van der Waals surface area contributed by atoms with Crippen LogP contribution in [0.1, 0.15) is 30.4 Å². The Morgan fingerprint density at radius 1 is 1.18 bits per heavy atom. The molecule has 3 aromatic heterocycles. The van der Waals surface area contributed by atoms with E-state index in [-0.39, 0.29) is 5.56 Å². The van der Waals surface area contributed by atoms with Gasteiger partial charge in [-0.3, -0.25) is 9.36 Å². The summed E-state index contributed by atoms with van der Waals surface area (Å²) in [5, 5.41) is 1.10. The standard InChI is InChI=1S/C20H23ClN4O2S/c21-6-3-7-25-12-22-16-15-13-4-1-2-5-14(13)18(24-8-10-27-11-9-24)23-19(15)28-17(16)20(25)26/h12H,1-11H2. The van der Waals surface area contributed by atoms with Crippen LogP contribution >= 0.6 is 22.9 Å². The molecule has 0 bridgehead atoms. The number of morpholine rings is 1. The normalized spacial score (nSPS) is 17.4. The van der Waals surface area contributed by atoms with Crippen molar-refractivity contribution in [2.75, 3.05) is 37.1 Å². The number of nitrogens with zero attached hydrogens (tertiary/aromatic N) is 4. The number of pyridine rings is 1. The van der Waals surface area contributed by atoms with Gasteiger partial charge in [0, 0.05) is 30.9 Å². The van der Waals surface area contributed by atoms with Gasteiger partial charge in [-0.25, -0.2) is 9.97 Å². The number of hydrogen-bond acceptors (Lipinski definition) is 6. The number of aromatic nitrogens is 3. The Kier molecular flexibility index (Phi) is 4.99. The monoisotopic (exact) mass is 418 g/mol. The number of fused-ring (bicyclic) bond motifs is 5. The molecule has 1 saturated heterocycles. The van der Waals surface area contributed by atoms with Crippen LogP contribution in [0.4, 0.5) is 5.82 Å². The van der Waals surface area contributed by atoms with E-state index in [1.165, 1.54) is 35.3 Å². The van der Waals surface area contributed by atoms with E-state index < -0.39 is 0 Å². The maximum atomic E-state index is 13.0. The molecule has 5 rings (SSSR count). The van der Waals surface area contributed by atoms with E-state index in [0.29, 0.717) is 17.1 Å². The first kappa shape index (κ1) is 18.3. The molecule has 1 fully saturated rings. The molecule has 0 saturated carbocycles. The predicted molar refractivity (Wildman–Crippen MR) is 114 cm³/mol. The molecular formula is C20H23ClN4O2S. The van der Waals surface area contributed by atoms with Crippen molar-refractivity contribution in [1.29, 1.82) is 0 Å². The van der Waals surface area contributed by atoms with Crippen molar-refractivity contribution in [1.82, 2.24) is 14.5 Å². The molecule has 0 amide bonds. The summed E-state index contributed by atoms with van der Waals surface area (Å²) in [5.74, 6) is 1.63. The molecule has 3 aromatic rings. The van der Waals surface area contributed by atoms with Gasteiger partial charge < -0.3 is 9.64 Å². The number of hydrogen-bond donors (Lipinski definition) is 0. The zero-order valence-corrected chi connectivity index (χ0v) is 17.3. The van der Waals surface area contributed by atoms with Crippen LogP contribution in [0, 0.1) is 0 Å². The highest BCUT2D eigenvalue weighted by atomic mass is 35.5. The summed E-state index contributed by atoms with van der Waals surface area (Å²) in [6, 6.07) is 0. The smallest absolute Gasteiger partial charge is 0.271 e. The van der Waals surface area contributed by atoms with Gasteiger partial charge >= 0.3 is 0 Å². The van der Waals surface area contributed by atoms with Crippen molar-refractivity contribution in [3.63, 3.8) is 0 Å². The second kappa shape index (κ2) is 7.61. The first-order chi connectivity index (χ1) is 13.8. The lowest BCUT2D eigenvalue weighted by Crippen LogP contribution is -2.37. The molecule has 4 heterocycles. The molecular weight excluding hydrogens is 396 g/mol. The largest absolute Gasteiger partial charge is 0.378 e. The first-order valence-corrected chi connectivity index (χ1v) is 11.3. The van der Waals surface area contributed by atoms with Gasteiger partial charge in [-0.05, 0) is 43.2 Å². The second-order valence-corrected chi connectivity index (χ2v) is 8.82. The molecule has 28 heavy (non-hydrogen) atoms. The molecule has 2 aliphatic rings. The van der Waals surface area contributed by atoms with E-state index in [2.05, 4.69) is 4.90 Å². The summed E-state index contributed by atoms with van der Waals surface area (Å²) < 4.78 is 7.92. The van der Waals surface area contributed by atoms with Crippen LogP contribution in [0.25, 0.3) is 20.4 Å². The maximum absolute atomic E-state index is 13.0. The van der Waals surface area contributed by atoms with Crippen LogP contribution in [-0.2, 0) is 24.1 Å². The van der Waals surface area contributed by atoms with Crippen molar-refractivity contribution in [2.45, 2.75) is 38.6 Å². The van der Waals surface area contributed by atoms with Gasteiger partial charge in [0.15, 0.2) is 0 Å². The van der Waals surface area contributed by atoms with Crippen LogP contribution in [0.3, 0.4) is 0 Å². The van der Waals surface area contributed by atoms with Gasteiger partial charge in [-0.15, -0.1) is 22.9 Å². The van der Waals surface area contributed by atoms with Gasteiger partial charge in [0.05, 0.1) is 25.1 Å². The van der Waals surface area contributed by atoms with Crippen LogP contribution in [0.2, 0.25) is 0 Å². The van der Waals surface area contributed by atoms with E-state index >= 15 is 0 Å². The Morgan fingerprint density at radius 2 is 1.96 bits per heavy atom. The minimum absolute atomic E-state index is 0.0237. The number of rotatable bonds is 4. The van der Waals surface area contributed by atoms with Crippen molar-refractivity contribution >= 4 is 49.2 Å². The topological polar surface area (TPSA) is 60.3 Å². The summed E-state index contributed by atoms with van der Waals surface area (Å²) in [5.41, 5.74) is 3.56. The van der Waals surface area contributed by atoms with Crippen molar-refractivity contribution in [3.05, 3.63) is 27.8 Å². The minimum atomic E-state index is 0.0237. The van der Waals surface area contributed by atoms with E-state index in [1.54, 1.807) is 10.9 Å². The third-order valence-corrected chi connectivity index (χ3v) is 7.06. The summed E-state index contributed by atoms with van der Waals surface area (Å²) >= 11 is 7.29. The summed E-state index contributed by atoms with van der Waals surface area (Å²) in [6.45, 7) is 3.84. The van der Waals surface area contributed by atoms with Gasteiger partial charge in [0.1, 0.15) is 15.3 Å². The molecule has 0 aromatic carbocycles. The fraction of sp³-hybridized carbons (Fsp3) is 0.550. The fourth-order valence-corrected chi connectivity index (χ4v) is 5.58. The van der Waals surface area contributed by atoms with E-state index in [1.807, 2.05) is 0 Å². The Bertz CT molecular complexity index is 1090. The summed E-state index contributed by atoms with van der Waals surface area (Å²) in [4.78, 5) is 26.0. The van der Waals surface area contributed by atoms with Crippen molar-refractivity contribution in [2.24, 2.45) is 0 Å². The van der Waals surface area contributed by atoms with Gasteiger partial charge in [0.25, 0.3) is 5.56 Å². The number of halogens is 1. The lowest BCUT2D eigenvalue weighted by atomic mass is 9.90. The SMILES string of the molecule is O=c1c2sc3nc(N4CCOCC4)c4c(c3c2ncn1CCCCl)CCCC4. The lowest BCUT2D eigenvalue weighted by molar-refractivity contribution is 0.122. The quantitative estimate of drug-likeness (QED) is 0.608. The fourth-order valence-electron chi connectivity index (χ4n) is 4.36. The van der Waals surface area contributed by atoms with Crippen LogP contribution in [0.5, 0.6) is 0 Å². The molecule has 1 aliphatic carbocycles. The highest BCUT2D eigenvalue weighted by molar-refractivity contribution is 7.25. The Balaban J connectivity index is 1.73. The summed E-state index contributed by atoms with van der Waals surface area (Å²) in [6.07, 6.45) is 6.89. The van der Waals surface area contributed by atoms with Crippen molar-refractivity contribution in [3.8, 4) is 0 Å². The van der Waals surface area contributed by atoms with Gasteiger partial charge in [-0.1, -0.05) is 0 Å². The van der Waals surface area contributed by atoms with Crippen LogP contribution in [-0.4, -0.2) is 46.7 Å². The van der Waals surface area contributed by atoms with Crippen molar-refractivity contribution < 1.29 is 4.74 Å². The highest BCUT2D eigenvalue weighted by Crippen LogP contribution is 2.40. The Labute approximate surface area is 172 Å². The molecule has 6 nitrogen and oxygen atoms in total. The van der Waals surface area contributed by atoms with E-state index in [9.17, 15) is 4.79 Å². The molecule has 0 atom stereocenters. The zero-order chi connectivity index (χ0) is 19.1. The molecule has 0 radical (unpaired) electrons. The van der Waals surface area contributed by atoms with Gasteiger partial charge in [-0.2, -0.15) is 0 Å². The molecule has 0 N–H and O–H groups in total. The summed E-state index contributed by atoms with van der Waals surface area (Å²) in [7, 11) is 0. The number of anilines is 1. The van der Waals surface area contributed by atoms with Crippen LogP contribution < -0.4 is 10.5 Å². The Morgan fingerprint density at radius 3 is 2.75 bits per heavy atom.